The second-order valence-electron chi connectivity index (χ2n) is 19.5. The summed E-state index contributed by atoms with van der Waals surface area (Å²) in [5.74, 6) is 3.13. The molecular weight excluding hydrogens is 925 g/mol. The average molecular weight is 977 g/mol. The first kappa shape index (κ1) is 45.9. The van der Waals surface area contributed by atoms with Gasteiger partial charge in [-0.15, -0.1) is 0 Å². The lowest BCUT2D eigenvalue weighted by atomic mass is 9.67. The zero-order valence-corrected chi connectivity index (χ0v) is 42.1. The summed E-state index contributed by atoms with van der Waals surface area (Å²) >= 11 is 0. The zero-order valence-electron chi connectivity index (χ0n) is 42.1. The van der Waals surface area contributed by atoms with Gasteiger partial charge in [0.15, 0.2) is 0 Å². The van der Waals surface area contributed by atoms with Crippen LogP contribution in [0.1, 0.15) is 38.9 Å². The normalized spacial score (nSPS) is 13.5. The Bertz CT molecular complexity index is 4100. The van der Waals surface area contributed by atoms with E-state index in [1.54, 1.807) is 0 Å². The number of hydrogen-bond acceptors (Lipinski definition) is 3. The summed E-state index contributed by atoms with van der Waals surface area (Å²) < 4.78 is 14.9. The van der Waals surface area contributed by atoms with Crippen LogP contribution < -0.4 is 14.4 Å². The molecule has 4 nitrogen and oxygen atoms in total. The van der Waals surface area contributed by atoms with Gasteiger partial charge in [-0.1, -0.05) is 176 Å². The van der Waals surface area contributed by atoms with Gasteiger partial charge in [0, 0.05) is 33.5 Å². The third-order valence-electron chi connectivity index (χ3n) is 15.0. The molecule has 1 heterocycles. The fourth-order valence-corrected chi connectivity index (χ4v) is 11.3. The van der Waals surface area contributed by atoms with Crippen molar-refractivity contribution in [2.24, 2.45) is 0 Å². The summed E-state index contributed by atoms with van der Waals surface area (Å²) in [5, 5.41) is 2.40. The Labute approximate surface area is 444 Å². The van der Waals surface area contributed by atoms with E-state index in [4.69, 9.17) is 9.47 Å². The number of benzene rings is 11. The molecule has 1 aliphatic carbocycles. The Hall–Kier alpha value is -9.90. The lowest BCUT2D eigenvalue weighted by molar-refractivity contribution is 0.482. The Morgan fingerprint density at radius 1 is 0.395 bits per heavy atom. The van der Waals surface area contributed by atoms with Crippen molar-refractivity contribution in [1.82, 2.24) is 4.57 Å². The average Bonchev–Trinajstić information content (AvgIpc) is 4.10. The number of anilines is 3. The predicted octanol–water partition coefficient (Wildman–Crippen LogP) is 19.5. The standard InChI is InChI=1S/C72H52N2O2/c1-4-50-21-37-60(38-22-50)75-62-41-28-55(29-42-62)72(54-13-7-6-8-14-54)68-17-11-9-15-64(68)65-45-36-59(48-69(65)72)73(56-30-19-49(3)20-31-56)57-32-25-52(26-33-57)53-27-46-71-67(47-53)66-16-10-12-18-70(66)74(71)58-34-43-63(44-35-58)76-61-39-23-51(5-2)24-40-61/h4-48H,1-2H2,3H3. The summed E-state index contributed by atoms with van der Waals surface area (Å²) in [6.07, 6.45) is 3.67. The van der Waals surface area contributed by atoms with Gasteiger partial charge in [-0.2, -0.15) is 0 Å². The molecule has 0 fully saturated rings. The molecular formula is C72H52N2O2. The van der Waals surface area contributed by atoms with Crippen LogP contribution in [0, 0.1) is 6.92 Å². The summed E-state index contributed by atoms with van der Waals surface area (Å²) in [6, 6.07) is 93.3. The van der Waals surface area contributed by atoms with Gasteiger partial charge < -0.3 is 18.9 Å². The number of aromatic nitrogens is 1. The lowest BCUT2D eigenvalue weighted by Crippen LogP contribution is -2.28. The number of aryl methyl sites for hydroxylation is 1. The molecule has 1 aromatic heterocycles. The minimum atomic E-state index is -0.616. The molecule has 76 heavy (non-hydrogen) atoms. The smallest absolute Gasteiger partial charge is 0.127 e. The van der Waals surface area contributed by atoms with E-state index in [-0.39, 0.29) is 0 Å². The van der Waals surface area contributed by atoms with Crippen molar-refractivity contribution >= 4 is 51.0 Å². The molecule has 4 heteroatoms. The first-order chi connectivity index (χ1) is 37.4. The first-order valence-corrected chi connectivity index (χ1v) is 25.8. The van der Waals surface area contributed by atoms with Gasteiger partial charge in [-0.05, 0) is 178 Å². The monoisotopic (exact) mass is 976 g/mol. The SMILES string of the molecule is C=Cc1ccc(Oc2ccc(-n3c4ccccc4c4cc(-c5ccc(N(c6ccc(C)cc6)c6ccc7c(c6)C(c6ccccc6)(c6ccc(Oc8ccc(C=C)cc8)cc6)c6ccccc6-7)cc5)ccc43)cc2)cc1. The Morgan fingerprint density at radius 2 is 0.895 bits per heavy atom. The van der Waals surface area contributed by atoms with E-state index in [1.165, 1.54) is 44.2 Å². The van der Waals surface area contributed by atoms with Crippen LogP contribution in [0.2, 0.25) is 0 Å². The van der Waals surface area contributed by atoms with Gasteiger partial charge in [-0.3, -0.25) is 0 Å². The van der Waals surface area contributed by atoms with Crippen molar-refractivity contribution < 1.29 is 9.47 Å². The summed E-state index contributed by atoms with van der Waals surface area (Å²) in [7, 11) is 0. The maximum Gasteiger partial charge on any atom is 0.127 e. The van der Waals surface area contributed by atoms with Gasteiger partial charge in [0.1, 0.15) is 23.0 Å². The van der Waals surface area contributed by atoms with Crippen molar-refractivity contribution in [3.05, 3.63) is 313 Å². The summed E-state index contributed by atoms with van der Waals surface area (Å²) in [6.45, 7) is 9.91. The lowest BCUT2D eigenvalue weighted by Gasteiger charge is -2.35. The van der Waals surface area contributed by atoms with E-state index < -0.39 is 5.41 Å². The fourth-order valence-electron chi connectivity index (χ4n) is 11.3. The number of ether oxygens (including phenoxy) is 2. The van der Waals surface area contributed by atoms with E-state index in [2.05, 4.69) is 230 Å². The van der Waals surface area contributed by atoms with Gasteiger partial charge in [-0.25, -0.2) is 0 Å². The zero-order chi connectivity index (χ0) is 51.2. The van der Waals surface area contributed by atoms with Crippen LogP contribution in [-0.2, 0) is 5.41 Å². The fraction of sp³-hybridized carbons (Fsp3) is 0.0278. The molecule has 11 aromatic carbocycles. The van der Waals surface area contributed by atoms with Crippen LogP contribution in [0.25, 0.3) is 61.9 Å². The Morgan fingerprint density at radius 3 is 1.54 bits per heavy atom. The summed E-state index contributed by atoms with van der Waals surface area (Å²) in [4.78, 5) is 2.39. The van der Waals surface area contributed by atoms with Crippen molar-refractivity contribution in [3.8, 4) is 50.9 Å². The minimum Gasteiger partial charge on any atom is -0.457 e. The Balaban J connectivity index is 0.875. The van der Waals surface area contributed by atoms with Crippen LogP contribution in [0.5, 0.6) is 23.0 Å². The topological polar surface area (TPSA) is 26.6 Å². The molecule has 0 spiro atoms. The molecule has 0 saturated carbocycles. The Kier molecular flexibility index (Phi) is 11.6. The number of hydrogen-bond donors (Lipinski definition) is 0. The third-order valence-corrected chi connectivity index (χ3v) is 15.0. The number of para-hydroxylation sites is 1. The molecule has 362 valence electrons. The number of fused-ring (bicyclic) bond motifs is 6. The van der Waals surface area contributed by atoms with Gasteiger partial charge in [0.2, 0.25) is 0 Å². The van der Waals surface area contributed by atoms with Gasteiger partial charge in [0.05, 0.1) is 16.4 Å². The molecule has 0 N–H and O–H groups in total. The highest BCUT2D eigenvalue weighted by Crippen LogP contribution is 2.57. The highest BCUT2D eigenvalue weighted by molar-refractivity contribution is 6.10. The first-order valence-electron chi connectivity index (χ1n) is 25.8. The van der Waals surface area contributed by atoms with E-state index in [9.17, 15) is 0 Å². The predicted molar refractivity (Wildman–Crippen MR) is 316 cm³/mol. The summed E-state index contributed by atoms with van der Waals surface area (Å²) in [5.41, 5.74) is 18.9. The largest absolute Gasteiger partial charge is 0.457 e. The quantitative estimate of drug-likeness (QED) is 0.115. The second kappa shape index (κ2) is 19.2. The molecule has 0 saturated heterocycles. The molecule has 12 aromatic rings. The molecule has 0 amide bonds. The highest BCUT2D eigenvalue weighted by atomic mass is 16.5. The van der Waals surface area contributed by atoms with Crippen LogP contribution in [-0.4, -0.2) is 4.57 Å². The van der Waals surface area contributed by atoms with Crippen LogP contribution in [0.15, 0.2) is 274 Å². The molecule has 13 rings (SSSR count). The highest BCUT2D eigenvalue weighted by Gasteiger charge is 2.46. The van der Waals surface area contributed by atoms with Gasteiger partial charge >= 0.3 is 0 Å². The van der Waals surface area contributed by atoms with Crippen molar-refractivity contribution in [1.29, 1.82) is 0 Å². The maximum atomic E-state index is 6.39. The van der Waals surface area contributed by atoms with E-state index in [0.717, 1.165) is 84.6 Å². The molecule has 0 aliphatic heterocycles. The van der Waals surface area contributed by atoms with E-state index in [1.807, 2.05) is 72.8 Å². The second-order valence-corrected chi connectivity index (χ2v) is 19.5. The molecule has 1 atom stereocenters. The number of rotatable bonds is 13. The third kappa shape index (κ3) is 8.05. The molecule has 0 bridgehead atoms. The van der Waals surface area contributed by atoms with Crippen LogP contribution >= 0.6 is 0 Å². The van der Waals surface area contributed by atoms with Gasteiger partial charge in [0.25, 0.3) is 0 Å². The van der Waals surface area contributed by atoms with Crippen LogP contribution in [0.4, 0.5) is 17.1 Å². The number of nitrogens with zero attached hydrogens (tertiary/aromatic N) is 2. The molecule has 0 radical (unpaired) electrons. The van der Waals surface area contributed by atoms with Crippen molar-refractivity contribution in [2.75, 3.05) is 4.90 Å². The maximum absolute atomic E-state index is 6.39. The van der Waals surface area contributed by atoms with E-state index in [0.29, 0.717) is 0 Å². The van der Waals surface area contributed by atoms with E-state index >= 15 is 0 Å². The minimum absolute atomic E-state index is 0.616. The van der Waals surface area contributed by atoms with Crippen LogP contribution in [0.3, 0.4) is 0 Å². The van der Waals surface area contributed by atoms with Crippen molar-refractivity contribution in [3.63, 3.8) is 0 Å². The molecule has 1 unspecified atom stereocenters. The van der Waals surface area contributed by atoms with Crippen molar-refractivity contribution in [2.45, 2.75) is 12.3 Å². The molecule has 1 aliphatic rings.